The number of hydrogen-bond acceptors (Lipinski definition) is 5. The van der Waals surface area contributed by atoms with E-state index in [4.69, 9.17) is 14.5 Å². The summed E-state index contributed by atoms with van der Waals surface area (Å²) in [5.74, 6) is 1.84. The van der Waals surface area contributed by atoms with Crippen LogP contribution in [0.15, 0.2) is 60.8 Å². The van der Waals surface area contributed by atoms with Crippen LogP contribution in [0.3, 0.4) is 0 Å². The van der Waals surface area contributed by atoms with Gasteiger partial charge >= 0.3 is 0 Å². The van der Waals surface area contributed by atoms with Crippen molar-refractivity contribution in [3.63, 3.8) is 0 Å². The molecule has 0 unspecified atom stereocenters. The van der Waals surface area contributed by atoms with Crippen LogP contribution in [0, 0.1) is 6.92 Å². The highest BCUT2D eigenvalue weighted by molar-refractivity contribution is 5.94. The Morgan fingerprint density at radius 3 is 2.56 bits per heavy atom. The van der Waals surface area contributed by atoms with Crippen LogP contribution in [-0.4, -0.2) is 41.2 Å². The van der Waals surface area contributed by atoms with Crippen molar-refractivity contribution < 1.29 is 14.3 Å². The van der Waals surface area contributed by atoms with Gasteiger partial charge in [0.15, 0.2) is 17.1 Å². The zero-order chi connectivity index (χ0) is 22.5. The second-order valence-electron chi connectivity index (χ2n) is 7.48. The molecule has 0 aliphatic carbocycles. The van der Waals surface area contributed by atoms with Crippen LogP contribution >= 0.6 is 0 Å². The number of fused-ring (bicyclic) bond motifs is 1. The largest absolute Gasteiger partial charge is 0.493 e. The molecule has 164 valence electrons. The van der Waals surface area contributed by atoms with Crippen LogP contribution in [0.1, 0.15) is 22.3 Å². The number of nitrogens with one attached hydrogen (secondary N) is 1. The summed E-state index contributed by atoms with van der Waals surface area (Å²) in [7, 11) is 3.12. The van der Waals surface area contributed by atoms with Crippen LogP contribution < -0.4 is 14.8 Å². The van der Waals surface area contributed by atoms with Gasteiger partial charge in [0.2, 0.25) is 0 Å². The second kappa shape index (κ2) is 9.51. The highest BCUT2D eigenvalue weighted by atomic mass is 16.5. The SMILES string of the molecule is COc1ccc(C(=O)NCCCn2c(-c3ccc(C)cc3)nc3cccnc32)cc1OC. The smallest absolute Gasteiger partial charge is 0.251 e. The van der Waals surface area contributed by atoms with E-state index < -0.39 is 0 Å². The number of amides is 1. The molecule has 2 heterocycles. The van der Waals surface area contributed by atoms with E-state index in [0.29, 0.717) is 30.2 Å². The summed E-state index contributed by atoms with van der Waals surface area (Å²) >= 11 is 0. The van der Waals surface area contributed by atoms with Crippen LogP contribution in [0.2, 0.25) is 0 Å². The molecule has 0 aliphatic heterocycles. The van der Waals surface area contributed by atoms with E-state index in [1.54, 1.807) is 38.6 Å². The number of methoxy groups -OCH3 is 2. The van der Waals surface area contributed by atoms with Gasteiger partial charge in [-0.25, -0.2) is 9.97 Å². The van der Waals surface area contributed by atoms with Crippen LogP contribution in [0.4, 0.5) is 0 Å². The Morgan fingerprint density at radius 2 is 1.81 bits per heavy atom. The van der Waals surface area contributed by atoms with Gasteiger partial charge in [-0.1, -0.05) is 29.8 Å². The summed E-state index contributed by atoms with van der Waals surface area (Å²) in [4.78, 5) is 21.9. The first-order valence-electron chi connectivity index (χ1n) is 10.5. The summed E-state index contributed by atoms with van der Waals surface area (Å²) in [6, 6.07) is 17.3. The van der Waals surface area contributed by atoms with Gasteiger partial charge in [-0.05, 0) is 43.7 Å². The minimum Gasteiger partial charge on any atom is -0.493 e. The van der Waals surface area contributed by atoms with Gasteiger partial charge in [-0.15, -0.1) is 0 Å². The average molecular weight is 431 g/mol. The van der Waals surface area contributed by atoms with Gasteiger partial charge in [0.1, 0.15) is 11.3 Å². The number of ether oxygens (including phenoxy) is 2. The molecule has 1 N–H and O–H groups in total. The number of nitrogens with zero attached hydrogens (tertiary/aromatic N) is 3. The summed E-state index contributed by atoms with van der Waals surface area (Å²) < 4.78 is 12.6. The van der Waals surface area contributed by atoms with Crippen molar-refractivity contribution in [2.24, 2.45) is 0 Å². The van der Waals surface area contributed by atoms with E-state index in [0.717, 1.165) is 29.0 Å². The third kappa shape index (κ3) is 4.42. The van der Waals surface area contributed by atoms with Crippen LogP contribution in [0.5, 0.6) is 11.5 Å². The molecule has 0 aliphatic rings. The topological polar surface area (TPSA) is 78.3 Å². The molecular weight excluding hydrogens is 404 g/mol. The summed E-state index contributed by atoms with van der Waals surface area (Å²) in [6.45, 7) is 3.27. The summed E-state index contributed by atoms with van der Waals surface area (Å²) in [5.41, 5.74) is 4.47. The van der Waals surface area contributed by atoms with Gasteiger partial charge < -0.3 is 19.4 Å². The first-order chi connectivity index (χ1) is 15.6. The number of rotatable bonds is 8. The Hall–Kier alpha value is -3.87. The van der Waals surface area contributed by atoms with Gasteiger partial charge in [-0.3, -0.25) is 4.79 Å². The molecule has 2 aromatic carbocycles. The van der Waals surface area contributed by atoms with Gasteiger partial charge in [0, 0.05) is 30.4 Å². The Balaban J connectivity index is 1.46. The van der Waals surface area contributed by atoms with E-state index in [-0.39, 0.29) is 5.91 Å². The molecule has 0 atom stereocenters. The number of pyridine rings is 1. The summed E-state index contributed by atoms with van der Waals surface area (Å²) in [6.07, 6.45) is 2.51. The number of carbonyl (C=O) groups is 1. The fourth-order valence-electron chi connectivity index (χ4n) is 3.61. The molecule has 4 rings (SSSR count). The molecule has 0 radical (unpaired) electrons. The Kier molecular flexibility index (Phi) is 6.35. The number of carbonyl (C=O) groups excluding carboxylic acids is 1. The number of aromatic nitrogens is 3. The van der Waals surface area contributed by atoms with E-state index in [1.807, 2.05) is 12.1 Å². The molecule has 0 bridgehead atoms. The zero-order valence-corrected chi connectivity index (χ0v) is 18.5. The van der Waals surface area contributed by atoms with Gasteiger partial charge in [-0.2, -0.15) is 0 Å². The predicted molar refractivity (Wildman–Crippen MR) is 124 cm³/mol. The lowest BCUT2D eigenvalue weighted by Gasteiger charge is -2.11. The molecule has 1 amide bonds. The van der Waals surface area contributed by atoms with Crippen molar-refractivity contribution in [1.82, 2.24) is 19.9 Å². The number of benzene rings is 2. The average Bonchev–Trinajstić information content (AvgIpc) is 3.20. The Bertz CT molecular complexity index is 1230. The fourth-order valence-corrected chi connectivity index (χ4v) is 3.61. The minimum absolute atomic E-state index is 0.154. The number of imidazole rings is 1. The maximum atomic E-state index is 12.6. The number of hydrogen-bond donors (Lipinski definition) is 1. The monoisotopic (exact) mass is 430 g/mol. The standard InChI is InChI=1S/C25H26N4O3/c1-17-7-9-18(10-8-17)23-28-20-6-4-13-26-24(20)29(23)15-5-14-27-25(30)19-11-12-21(31-2)22(16-19)32-3/h4,6-13,16H,5,14-15H2,1-3H3,(H,27,30). The molecule has 0 fully saturated rings. The van der Waals surface area contributed by atoms with Gasteiger partial charge in [0.05, 0.1) is 14.2 Å². The Labute approximate surface area is 187 Å². The lowest BCUT2D eigenvalue weighted by molar-refractivity contribution is 0.0952. The van der Waals surface area contributed by atoms with Crippen molar-refractivity contribution >= 4 is 17.1 Å². The molecule has 0 saturated carbocycles. The fraction of sp³-hybridized carbons (Fsp3) is 0.240. The van der Waals surface area contributed by atoms with Crippen molar-refractivity contribution in [1.29, 1.82) is 0 Å². The molecular formula is C25H26N4O3. The molecule has 7 heteroatoms. The molecule has 0 saturated heterocycles. The molecule has 4 aromatic rings. The normalized spacial score (nSPS) is 10.8. The molecule has 0 spiro atoms. The lowest BCUT2D eigenvalue weighted by Crippen LogP contribution is -2.25. The highest BCUT2D eigenvalue weighted by Gasteiger charge is 2.14. The van der Waals surface area contributed by atoms with Crippen molar-refractivity contribution in [2.45, 2.75) is 19.9 Å². The highest BCUT2D eigenvalue weighted by Crippen LogP contribution is 2.27. The molecule has 2 aromatic heterocycles. The van der Waals surface area contributed by atoms with E-state index in [2.05, 4.69) is 46.1 Å². The van der Waals surface area contributed by atoms with Crippen LogP contribution in [0.25, 0.3) is 22.6 Å². The van der Waals surface area contributed by atoms with E-state index in [9.17, 15) is 4.79 Å². The second-order valence-corrected chi connectivity index (χ2v) is 7.48. The van der Waals surface area contributed by atoms with Crippen molar-refractivity contribution in [2.75, 3.05) is 20.8 Å². The van der Waals surface area contributed by atoms with Crippen LogP contribution in [-0.2, 0) is 6.54 Å². The third-order valence-corrected chi connectivity index (χ3v) is 5.30. The Morgan fingerprint density at radius 1 is 1.03 bits per heavy atom. The van der Waals surface area contributed by atoms with Gasteiger partial charge in [0.25, 0.3) is 5.91 Å². The maximum absolute atomic E-state index is 12.6. The third-order valence-electron chi connectivity index (χ3n) is 5.30. The van der Waals surface area contributed by atoms with E-state index >= 15 is 0 Å². The minimum atomic E-state index is -0.154. The zero-order valence-electron chi connectivity index (χ0n) is 18.5. The molecule has 7 nitrogen and oxygen atoms in total. The van der Waals surface area contributed by atoms with E-state index in [1.165, 1.54) is 5.56 Å². The quantitative estimate of drug-likeness (QED) is 0.423. The molecule has 32 heavy (non-hydrogen) atoms. The lowest BCUT2D eigenvalue weighted by atomic mass is 10.1. The summed E-state index contributed by atoms with van der Waals surface area (Å²) in [5, 5.41) is 2.98. The first-order valence-corrected chi connectivity index (χ1v) is 10.5. The van der Waals surface area contributed by atoms with Crippen molar-refractivity contribution in [3.8, 4) is 22.9 Å². The first kappa shape index (κ1) is 21.4. The maximum Gasteiger partial charge on any atom is 0.251 e. The predicted octanol–water partition coefficient (Wildman–Crippen LogP) is 4.24. The van der Waals surface area contributed by atoms with Crippen molar-refractivity contribution in [3.05, 3.63) is 71.9 Å². The number of aryl methyl sites for hydroxylation is 2.